The second-order valence-electron chi connectivity index (χ2n) is 4.65. The zero-order valence-electron chi connectivity index (χ0n) is 12.5. The van der Waals surface area contributed by atoms with Crippen LogP contribution in [0, 0.1) is 0 Å². The molecule has 0 saturated carbocycles. The van der Waals surface area contributed by atoms with Gasteiger partial charge in [0.15, 0.2) is 5.82 Å². The predicted octanol–water partition coefficient (Wildman–Crippen LogP) is 3.06. The molecule has 7 heteroatoms. The molecule has 0 atom stereocenters. The quantitative estimate of drug-likeness (QED) is 0.722. The fraction of sp³-hybridized carbons (Fsp3) is 0.125. The van der Waals surface area contributed by atoms with E-state index in [2.05, 4.69) is 15.3 Å². The number of anilines is 2. The molecule has 2 aromatic heterocycles. The molecule has 0 amide bonds. The van der Waals surface area contributed by atoms with Crippen LogP contribution in [-0.4, -0.2) is 17.1 Å². The highest BCUT2D eigenvalue weighted by Crippen LogP contribution is 2.30. The van der Waals surface area contributed by atoms with Crippen LogP contribution in [0.15, 0.2) is 53.4 Å². The van der Waals surface area contributed by atoms with Gasteiger partial charge in [-0.1, -0.05) is 0 Å². The summed E-state index contributed by atoms with van der Waals surface area (Å²) < 4.78 is 16.0. The highest BCUT2D eigenvalue weighted by atomic mass is 16.5. The van der Waals surface area contributed by atoms with Crippen molar-refractivity contribution in [2.24, 2.45) is 0 Å². The fourth-order valence-corrected chi connectivity index (χ4v) is 1.94. The van der Waals surface area contributed by atoms with Crippen molar-refractivity contribution in [3.8, 4) is 17.4 Å². The summed E-state index contributed by atoms with van der Waals surface area (Å²) in [6, 6.07) is 10.8. The summed E-state index contributed by atoms with van der Waals surface area (Å²) in [6.45, 7) is 0.468. The Balaban J connectivity index is 1.73. The van der Waals surface area contributed by atoms with Crippen LogP contribution in [0.2, 0.25) is 0 Å². The second kappa shape index (κ2) is 6.69. The van der Waals surface area contributed by atoms with Crippen molar-refractivity contribution in [1.29, 1.82) is 0 Å². The molecule has 0 aliphatic rings. The zero-order chi connectivity index (χ0) is 16.1. The molecule has 3 rings (SSSR count). The first-order valence-electron chi connectivity index (χ1n) is 6.95. The number of hydrogen-bond donors (Lipinski definition) is 2. The Labute approximate surface area is 133 Å². The molecule has 7 nitrogen and oxygen atoms in total. The third kappa shape index (κ3) is 3.52. The molecule has 0 saturated heterocycles. The van der Waals surface area contributed by atoms with Crippen molar-refractivity contribution < 1.29 is 13.9 Å². The van der Waals surface area contributed by atoms with E-state index in [9.17, 15) is 0 Å². The number of nitrogens with one attached hydrogen (secondary N) is 1. The summed E-state index contributed by atoms with van der Waals surface area (Å²) in [6.07, 6.45) is 3.00. The maximum absolute atomic E-state index is 6.06. The van der Waals surface area contributed by atoms with Gasteiger partial charge in [-0.25, -0.2) is 4.98 Å². The molecule has 0 bridgehead atoms. The summed E-state index contributed by atoms with van der Waals surface area (Å²) >= 11 is 0. The topological polar surface area (TPSA) is 95.4 Å². The van der Waals surface area contributed by atoms with Crippen molar-refractivity contribution in [2.75, 3.05) is 18.2 Å². The van der Waals surface area contributed by atoms with E-state index in [4.69, 9.17) is 19.6 Å². The number of nitrogens with zero attached hydrogens (tertiary/aromatic N) is 2. The van der Waals surface area contributed by atoms with Gasteiger partial charge in [-0.3, -0.25) is 0 Å². The molecule has 0 radical (unpaired) electrons. The number of nitrogens with two attached hydrogens (primary N) is 1. The van der Waals surface area contributed by atoms with E-state index in [1.54, 1.807) is 37.6 Å². The monoisotopic (exact) mass is 312 g/mol. The molecule has 1 aromatic carbocycles. The molecule has 23 heavy (non-hydrogen) atoms. The highest BCUT2D eigenvalue weighted by molar-refractivity contribution is 5.66. The van der Waals surface area contributed by atoms with E-state index in [1.807, 2.05) is 12.1 Å². The first kappa shape index (κ1) is 14.7. The molecule has 3 aromatic rings. The molecule has 0 aliphatic heterocycles. The number of aromatic nitrogens is 2. The van der Waals surface area contributed by atoms with Crippen LogP contribution >= 0.6 is 0 Å². The molecule has 118 valence electrons. The Bertz CT molecular complexity index is 758. The average Bonchev–Trinajstić information content (AvgIpc) is 3.10. The number of rotatable bonds is 6. The van der Waals surface area contributed by atoms with Crippen molar-refractivity contribution in [3.05, 3.63) is 54.7 Å². The Morgan fingerprint density at radius 1 is 1.13 bits per heavy atom. The largest absolute Gasteiger partial charge is 0.497 e. The summed E-state index contributed by atoms with van der Waals surface area (Å²) in [5.41, 5.74) is 6.39. The minimum Gasteiger partial charge on any atom is -0.497 e. The predicted molar refractivity (Wildman–Crippen MR) is 85.5 cm³/mol. The lowest BCUT2D eigenvalue weighted by atomic mass is 10.3. The zero-order valence-corrected chi connectivity index (χ0v) is 12.5. The normalized spacial score (nSPS) is 10.3. The van der Waals surface area contributed by atoms with Gasteiger partial charge in [0, 0.05) is 0 Å². The minimum absolute atomic E-state index is 0.284. The maximum atomic E-state index is 6.06. The smallest absolute Gasteiger partial charge is 0.248 e. The Hall–Kier alpha value is -3.22. The van der Waals surface area contributed by atoms with Crippen LogP contribution < -0.4 is 20.5 Å². The van der Waals surface area contributed by atoms with E-state index in [-0.39, 0.29) is 5.88 Å². The molecule has 0 fully saturated rings. The number of ether oxygens (including phenoxy) is 2. The van der Waals surface area contributed by atoms with Crippen LogP contribution in [0.1, 0.15) is 5.76 Å². The molecule has 0 aliphatic carbocycles. The SMILES string of the molecule is COc1ccc(Oc2ncnc(NCc3ccco3)c2N)cc1. The lowest BCUT2D eigenvalue weighted by Gasteiger charge is -2.11. The van der Waals surface area contributed by atoms with E-state index in [0.717, 1.165) is 11.5 Å². The molecular weight excluding hydrogens is 296 g/mol. The van der Waals surface area contributed by atoms with Crippen LogP contribution in [0.4, 0.5) is 11.5 Å². The second-order valence-corrected chi connectivity index (χ2v) is 4.65. The van der Waals surface area contributed by atoms with Crippen LogP contribution in [0.25, 0.3) is 0 Å². The van der Waals surface area contributed by atoms with Crippen LogP contribution in [0.3, 0.4) is 0 Å². The van der Waals surface area contributed by atoms with Gasteiger partial charge in [-0.15, -0.1) is 0 Å². The van der Waals surface area contributed by atoms with E-state index in [0.29, 0.717) is 23.8 Å². The summed E-state index contributed by atoms with van der Waals surface area (Å²) in [4.78, 5) is 8.19. The summed E-state index contributed by atoms with van der Waals surface area (Å²) in [5, 5.41) is 3.09. The van der Waals surface area contributed by atoms with E-state index < -0.39 is 0 Å². The molecule has 2 heterocycles. The maximum Gasteiger partial charge on any atom is 0.248 e. The third-order valence-corrected chi connectivity index (χ3v) is 3.13. The molecule has 0 spiro atoms. The first-order valence-corrected chi connectivity index (χ1v) is 6.95. The van der Waals surface area contributed by atoms with Gasteiger partial charge in [0.25, 0.3) is 0 Å². The van der Waals surface area contributed by atoms with Gasteiger partial charge in [0.1, 0.15) is 29.3 Å². The summed E-state index contributed by atoms with van der Waals surface area (Å²) in [7, 11) is 1.61. The van der Waals surface area contributed by atoms with Crippen molar-refractivity contribution in [1.82, 2.24) is 9.97 Å². The number of furan rings is 1. The molecular formula is C16H16N4O3. The lowest BCUT2D eigenvalue weighted by Crippen LogP contribution is -2.06. The fourth-order valence-electron chi connectivity index (χ4n) is 1.94. The Morgan fingerprint density at radius 3 is 2.61 bits per heavy atom. The Morgan fingerprint density at radius 2 is 1.91 bits per heavy atom. The molecule has 3 N–H and O–H groups in total. The van der Waals surface area contributed by atoms with Crippen LogP contribution in [0.5, 0.6) is 17.4 Å². The van der Waals surface area contributed by atoms with Gasteiger partial charge in [-0.2, -0.15) is 4.98 Å². The Kier molecular flexibility index (Phi) is 4.28. The molecule has 0 unspecified atom stereocenters. The van der Waals surface area contributed by atoms with Gasteiger partial charge >= 0.3 is 0 Å². The van der Waals surface area contributed by atoms with Crippen molar-refractivity contribution in [3.63, 3.8) is 0 Å². The van der Waals surface area contributed by atoms with Gasteiger partial charge in [0.05, 0.1) is 19.9 Å². The lowest BCUT2D eigenvalue weighted by molar-refractivity contribution is 0.412. The minimum atomic E-state index is 0.284. The summed E-state index contributed by atoms with van der Waals surface area (Å²) in [5.74, 6) is 2.90. The number of nitrogen functional groups attached to an aromatic ring is 1. The van der Waals surface area contributed by atoms with Crippen molar-refractivity contribution >= 4 is 11.5 Å². The number of methoxy groups -OCH3 is 1. The number of hydrogen-bond acceptors (Lipinski definition) is 7. The highest BCUT2D eigenvalue weighted by Gasteiger charge is 2.10. The van der Waals surface area contributed by atoms with Gasteiger partial charge in [-0.05, 0) is 36.4 Å². The van der Waals surface area contributed by atoms with E-state index >= 15 is 0 Å². The van der Waals surface area contributed by atoms with Crippen LogP contribution in [-0.2, 0) is 6.54 Å². The number of benzene rings is 1. The average molecular weight is 312 g/mol. The van der Waals surface area contributed by atoms with Gasteiger partial charge in [0.2, 0.25) is 5.88 Å². The van der Waals surface area contributed by atoms with E-state index in [1.165, 1.54) is 6.33 Å². The standard InChI is InChI=1S/C16H16N4O3/c1-21-11-4-6-12(7-5-11)23-16-14(17)15(19-10-20-16)18-9-13-3-2-8-22-13/h2-8,10H,9,17H2,1H3,(H,18,19,20). The van der Waals surface area contributed by atoms with Crippen molar-refractivity contribution in [2.45, 2.75) is 6.54 Å². The third-order valence-electron chi connectivity index (χ3n) is 3.13. The first-order chi connectivity index (χ1) is 11.3. The van der Waals surface area contributed by atoms with Gasteiger partial charge < -0.3 is 24.9 Å².